The zero-order valence-corrected chi connectivity index (χ0v) is 14.3. The molecule has 0 aromatic carbocycles. The van der Waals surface area contributed by atoms with E-state index in [9.17, 15) is 8.42 Å². The Morgan fingerprint density at radius 3 is 2.83 bits per heavy atom. The van der Waals surface area contributed by atoms with Crippen molar-refractivity contribution in [3.05, 3.63) is 36.2 Å². The monoisotopic (exact) mass is 347 g/mol. The van der Waals surface area contributed by atoms with Crippen molar-refractivity contribution in [1.82, 2.24) is 24.1 Å². The molecule has 0 bridgehead atoms. The third-order valence-corrected chi connectivity index (χ3v) is 6.56. The molecule has 1 aliphatic carbocycles. The number of rotatable bonds is 5. The minimum absolute atomic E-state index is 0.0638. The molecule has 0 unspecified atom stereocenters. The molecule has 7 nitrogen and oxygen atoms in total. The number of nitrogens with zero attached hydrogens (tertiary/aromatic N) is 5. The van der Waals surface area contributed by atoms with Gasteiger partial charge in [-0.3, -0.25) is 4.98 Å². The summed E-state index contributed by atoms with van der Waals surface area (Å²) in [6, 6.07) is 3.32. The van der Waals surface area contributed by atoms with Crippen LogP contribution in [0.5, 0.6) is 0 Å². The normalized spacial score (nSPS) is 18.4. The molecule has 1 fully saturated rings. The molecule has 1 saturated carbocycles. The molecule has 0 saturated heterocycles. The predicted octanol–water partition coefficient (Wildman–Crippen LogP) is 1.75. The first kappa shape index (κ1) is 15.7. The van der Waals surface area contributed by atoms with Crippen LogP contribution in [0, 0.1) is 0 Å². The first-order chi connectivity index (χ1) is 11.7. The van der Waals surface area contributed by atoms with Gasteiger partial charge >= 0.3 is 0 Å². The van der Waals surface area contributed by atoms with Gasteiger partial charge in [-0.25, -0.2) is 8.42 Å². The van der Waals surface area contributed by atoms with Gasteiger partial charge in [0.1, 0.15) is 16.5 Å². The van der Waals surface area contributed by atoms with E-state index in [1.165, 1.54) is 12.6 Å². The molecule has 4 rings (SSSR count). The fourth-order valence-electron chi connectivity index (χ4n) is 3.21. The van der Waals surface area contributed by atoms with Gasteiger partial charge in [-0.15, -0.1) is 10.2 Å². The van der Waals surface area contributed by atoms with Crippen LogP contribution in [0.3, 0.4) is 0 Å². The van der Waals surface area contributed by atoms with E-state index in [1.54, 1.807) is 22.6 Å². The number of hydrogen-bond acceptors (Lipinski definition) is 5. The molecule has 24 heavy (non-hydrogen) atoms. The average molecular weight is 347 g/mol. The van der Waals surface area contributed by atoms with Crippen molar-refractivity contribution in [3.63, 3.8) is 0 Å². The Bertz CT molecular complexity index is 814. The maximum absolute atomic E-state index is 13.0. The van der Waals surface area contributed by atoms with Gasteiger partial charge in [0.05, 0.1) is 6.54 Å². The van der Waals surface area contributed by atoms with Crippen LogP contribution in [-0.4, -0.2) is 38.5 Å². The van der Waals surface area contributed by atoms with Gasteiger partial charge in [-0.1, -0.05) is 6.42 Å². The van der Waals surface area contributed by atoms with Crippen LogP contribution in [0.2, 0.25) is 0 Å². The largest absolute Gasteiger partial charge is 0.314 e. The lowest BCUT2D eigenvalue weighted by Crippen LogP contribution is -2.34. The number of pyridine rings is 1. The van der Waals surface area contributed by atoms with Gasteiger partial charge < -0.3 is 4.57 Å². The zero-order chi connectivity index (χ0) is 16.6. The zero-order valence-electron chi connectivity index (χ0n) is 13.5. The summed E-state index contributed by atoms with van der Waals surface area (Å²) in [5, 5.41) is 8.57. The molecule has 2 aliphatic rings. The quantitative estimate of drug-likeness (QED) is 0.823. The molecule has 8 heteroatoms. The van der Waals surface area contributed by atoms with Gasteiger partial charge in [0, 0.05) is 31.4 Å². The van der Waals surface area contributed by atoms with E-state index in [2.05, 4.69) is 19.7 Å². The molecule has 0 amide bonds. The molecule has 2 aromatic rings. The third-order valence-electron chi connectivity index (χ3n) is 4.68. The summed E-state index contributed by atoms with van der Waals surface area (Å²) < 4.78 is 29.7. The van der Waals surface area contributed by atoms with E-state index in [4.69, 9.17) is 0 Å². The Balaban J connectivity index is 1.65. The van der Waals surface area contributed by atoms with Crippen LogP contribution in [0.15, 0.2) is 29.4 Å². The Labute approximate surface area is 141 Å². The maximum Gasteiger partial charge on any atom is 0.245 e. The first-order valence-corrected chi connectivity index (χ1v) is 9.93. The van der Waals surface area contributed by atoms with E-state index in [0.29, 0.717) is 0 Å². The molecule has 0 atom stereocenters. The van der Waals surface area contributed by atoms with Gasteiger partial charge in [-0.2, -0.15) is 4.31 Å². The summed E-state index contributed by atoms with van der Waals surface area (Å²) in [7, 11) is -3.56. The van der Waals surface area contributed by atoms with E-state index in [1.807, 2.05) is 0 Å². The summed E-state index contributed by atoms with van der Waals surface area (Å²) in [6.07, 6.45) is 9.12. The standard InChI is InChI=1S/C16H21N5O2S/c22-24(23,14-5-4-9-17-11-14)21(13-7-8-13)12-16-19-18-15-6-2-1-3-10-20(15)16/h4-5,9,11,13H,1-3,6-8,10,12H2. The summed E-state index contributed by atoms with van der Waals surface area (Å²) in [6.45, 7) is 1.16. The molecule has 1 aliphatic heterocycles. The summed E-state index contributed by atoms with van der Waals surface area (Å²) in [5.41, 5.74) is 0. The Hall–Kier alpha value is -1.80. The second-order valence-corrected chi connectivity index (χ2v) is 8.36. The summed E-state index contributed by atoms with van der Waals surface area (Å²) in [4.78, 5) is 4.20. The lowest BCUT2D eigenvalue weighted by molar-refractivity contribution is 0.380. The fourth-order valence-corrected chi connectivity index (χ4v) is 4.81. The number of fused-ring (bicyclic) bond motifs is 1. The van der Waals surface area contributed by atoms with Crippen molar-refractivity contribution in [2.24, 2.45) is 0 Å². The van der Waals surface area contributed by atoms with Crippen LogP contribution in [-0.2, 0) is 29.5 Å². The Kier molecular flexibility index (Phi) is 4.09. The van der Waals surface area contributed by atoms with E-state index >= 15 is 0 Å². The van der Waals surface area contributed by atoms with E-state index in [0.717, 1.165) is 50.3 Å². The second-order valence-electron chi connectivity index (χ2n) is 6.46. The summed E-state index contributed by atoms with van der Waals surface area (Å²) >= 11 is 0. The van der Waals surface area contributed by atoms with Crippen molar-refractivity contribution < 1.29 is 8.42 Å². The van der Waals surface area contributed by atoms with Crippen LogP contribution in [0.4, 0.5) is 0 Å². The molecule has 128 valence electrons. The van der Waals surface area contributed by atoms with Crippen molar-refractivity contribution >= 4 is 10.0 Å². The molecule has 2 aromatic heterocycles. The van der Waals surface area contributed by atoms with Crippen molar-refractivity contribution in [2.75, 3.05) is 0 Å². The smallest absolute Gasteiger partial charge is 0.245 e. The molecular weight excluding hydrogens is 326 g/mol. The number of aryl methyl sites for hydroxylation is 1. The number of hydrogen-bond donors (Lipinski definition) is 0. The first-order valence-electron chi connectivity index (χ1n) is 8.49. The summed E-state index contributed by atoms with van der Waals surface area (Å²) in [5.74, 6) is 1.74. The Morgan fingerprint density at radius 1 is 1.21 bits per heavy atom. The lowest BCUT2D eigenvalue weighted by Gasteiger charge is -2.21. The van der Waals surface area contributed by atoms with Crippen LogP contribution < -0.4 is 0 Å². The number of sulfonamides is 1. The van der Waals surface area contributed by atoms with Crippen molar-refractivity contribution in [3.8, 4) is 0 Å². The Morgan fingerprint density at radius 2 is 2.08 bits per heavy atom. The highest BCUT2D eigenvalue weighted by atomic mass is 32.2. The van der Waals surface area contributed by atoms with Gasteiger partial charge in [0.25, 0.3) is 0 Å². The highest BCUT2D eigenvalue weighted by molar-refractivity contribution is 7.89. The topological polar surface area (TPSA) is 81.0 Å². The minimum Gasteiger partial charge on any atom is -0.314 e. The fraction of sp³-hybridized carbons (Fsp3) is 0.562. The minimum atomic E-state index is -3.56. The molecule has 0 N–H and O–H groups in total. The van der Waals surface area contributed by atoms with Crippen LogP contribution >= 0.6 is 0 Å². The third kappa shape index (κ3) is 2.95. The maximum atomic E-state index is 13.0. The molecule has 0 spiro atoms. The van der Waals surface area contributed by atoms with E-state index in [-0.39, 0.29) is 17.5 Å². The molecule has 3 heterocycles. The number of aromatic nitrogens is 4. The SMILES string of the molecule is O=S(=O)(c1cccnc1)N(Cc1nnc2n1CCCCC2)C1CC1. The van der Waals surface area contributed by atoms with Crippen molar-refractivity contribution in [1.29, 1.82) is 0 Å². The second kappa shape index (κ2) is 6.25. The van der Waals surface area contributed by atoms with E-state index < -0.39 is 10.0 Å². The molecular formula is C16H21N5O2S. The average Bonchev–Trinajstić information content (AvgIpc) is 3.40. The van der Waals surface area contributed by atoms with Crippen LogP contribution in [0.25, 0.3) is 0 Å². The lowest BCUT2D eigenvalue weighted by atomic mass is 10.2. The van der Waals surface area contributed by atoms with Crippen molar-refractivity contribution in [2.45, 2.75) is 62.6 Å². The van der Waals surface area contributed by atoms with Gasteiger partial charge in [0.15, 0.2) is 0 Å². The molecule has 0 radical (unpaired) electrons. The highest BCUT2D eigenvalue weighted by Gasteiger charge is 2.39. The van der Waals surface area contributed by atoms with Gasteiger partial charge in [-0.05, 0) is 37.8 Å². The van der Waals surface area contributed by atoms with Gasteiger partial charge in [0.2, 0.25) is 10.0 Å². The predicted molar refractivity (Wildman–Crippen MR) is 87.6 cm³/mol. The highest BCUT2D eigenvalue weighted by Crippen LogP contribution is 2.33. The van der Waals surface area contributed by atoms with Crippen LogP contribution in [0.1, 0.15) is 43.8 Å².